The molecule has 2 N–H and O–H groups in total. The maximum Gasteiger partial charge on any atom is 0.313 e. The highest BCUT2D eigenvalue weighted by molar-refractivity contribution is 6.36. The minimum absolute atomic E-state index is 0.0268. The van der Waals surface area contributed by atoms with Gasteiger partial charge in [0.15, 0.2) is 0 Å². The Morgan fingerprint density at radius 3 is 2.39 bits per heavy atom. The summed E-state index contributed by atoms with van der Waals surface area (Å²) in [6.07, 6.45) is 0.599. The van der Waals surface area contributed by atoms with E-state index in [2.05, 4.69) is 5.32 Å². The van der Waals surface area contributed by atoms with Crippen LogP contribution in [0.5, 0.6) is 0 Å². The molecule has 3 aromatic rings. The van der Waals surface area contributed by atoms with Crippen molar-refractivity contribution in [1.82, 2.24) is 9.88 Å². The molecule has 3 rings (SSSR count). The van der Waals surface area contributed by atoms with Crippen molar-refractivity contribution >= 4 is 34.4 Å². The smallest absolute Gasteiger partial charge is 0.313 e. The maximum atomic E-state index is 14.2. The van der Waals surface area contributed by atoms with E-state index in [-0.39, 0.29) is 23.5 Å². The lowest BCUT2D eigenvalue weighted by molar-refractivity contribution is -0.145. The average molecular weight is 475 g/mol. The highest BCUT2D eigenvalue weighted by Gasteiger charge is 2.23. The number of esters is 1. The van der Waals surface area contributed by atoms with Crippen molar-refractivity contribution in [3.05, 3.63) is 69.6 Å². The number of fused-ring (bicyclic) bond motifs is 1. The van der Waals surface area contributed by atoms with Gasteiger partial charge in [-0.1, -0.05) is 42.8 Å². The number of nitrogens with one attached hydrogen (secondary N) is 1. The molecule has 8 heteroatoms. The van der Waals surface area contributed by atoms with Crippen molar-refractivity contribution in [2.45, 2.75) is 39.2 Å². The summed E-state index contributed by atoms with van der Waals surface area (Å²) in [4.78, 5) is 25.2. The number of aliphatic hydroxyl groups excluding tert-OH is 1. The van der Waals surface area contributed by atoms with Gasteiger partial charge in [0.2, 0.25) is 0 Å². The molecule has 0 spiro atoms. The number of rotatable bonds is 8. The number of aromatic nitrogens is 1. The molecule has 176 valence electrons. The van der Waals surface area contributed by atoms with Crippen molar-refractivity contribution in [1.29, 1.82) is 0 Å². The molecular formula is C25H28ClFN2O4. The van der Waals surface area contributed by atoms with E-state index in [4.69, 9.17) is 16.3 Å². The molecule has 0 bridgehead atoms. The monoisotopic (exact) mass is 474 g/mol. The fraction of sp³-hybridized carbons (Fsp3) is 0.360. The lowest BCUT2D eigenvalue weighted by Crippen LogP contribution is -2.32. The molecule has 1 amide bonds. The Morgan fingerprint density at radius 2 is 1.82 bits per heavy atom. The van der Waals surface area contributed by atoms with E-state index >= 15 is 0 Å². The van der Waals surface area contributed by atoms with Gasteiger partial charge in [-0.3, -0.25) is 9.59 Å². The van der Waals surface area contributed by atoms with E-state index in [1.54, 1.807) is 55.8 Å². The van der Waals surface area contributed by atoms with E-state index < -0.39 is 17.8 Å². The summed E-state index contributed by atoms with van der Waals surface area (Å²) >= 11 is 6.15. The zero-order chi connectivity index (χ0) is 24.3. The van der Waals surface area contributed by atoms with Crippen LogP contribution in [0.1, 0.15) is 59.4 Å². The number of hydrogen-bond acceptors (Lipinski definition) is 4. The second-order valence-electron chi connectivity index (χ2n) is 7.93. The number of nitrogens with zero attached hydrogens (tertiary/aromatic N) is 1. The van der Waals surface area contributed by atoms with E-state index in [0.717, 1.165) is 5.56 Å². The Hall–Kier alpha value is -2.90. The Kier molecular flexibility index (Phi) is 7.76. The van der Waals surface area contributed by atoms with Gasteiger partial charge in [0.25, 0.3) is 5.91 Å². The van der Waals surface area contributed by atoms with Crippen LogP contribution in [0, 0.1) is 12.7 Å². The van der Waals surface area contributed by atoms with Crippen molar-refractivity contribution in [2.75, 3.05) is 13.2 Å². The minimum Gasteiger partial charge on any atom is -0.466 e. The van der Waals surface area contributed by atoms with Gasteiger partial charge in [-0.05, 0) is 49.1 Å². The van der Waals surface area contributed by atoms with Crippen molar-refractivity contribution < 1.29 is 23.8 Å². The summed E-state index contributed by atoms with van der Waals surface area (Å²) in [7, 11) is 1.70. The third kappa shape index (κ3) is 4.89. The third-order valence-corrected chi connectivity index (χ3v) is 6.22. The largest absolute Gasteiger partial charge is 0.466 e. The van der Waals surface area contributed by atoms with Crippen molar-refractivity contribution in [2.24, 2.45) is 7.05 Å². The molecule has 6 nitrogen and oxygen atoms in total. The number of aliphatic hydroxyl groups is 1. The summed E-state index contributed by atoms with van der Waals surface area (Å²) in [5, 5.41) is 13.2. The molecule has 0 aliphatic rings. The maximum absolute atomic E-state index is 14.2. The normalized spacial score (nSPS) is 13.1. The molecule has 0 radical (unpaired) electrons. The Bertz CT molecular complexity index is 1170. The lowest BCUT2D eigenvalue weighted by atomic mass is 9.94. The molecule has 33 heavy (non-hydrogen) atoms. The van der Waals surface area contributed by atoms with Crippen LogP contribution in [-0.4, -0.2) is 34.8 Å². The summed E-state index contributed by atoms with van der Waals surface area (Å²) in [6, 6.07) is 9.67. The molecule has 0 saturated carbocycles. The Balaban J connectivity index is 1.84. The third-order valence-electron chi connectivity index (χ3n) is 5.85. The van der Waals surface area contributed by atoms with Gasteiger partial charge in [0.1, 0.15) is 11.5 Å². The number of aryl methyl sites for hydroxylation is 2. The van der Waals surface area contributed by atoms with Crippen LogP contribution in [0.15, 0.2) is 36.4 Å². The number of benzene rings is 2. The second-order valence-corrected chi connectivity index (χ2v) is 8.31. The number of hydrogen-bond donors (Lipinski definition) is 2. The number of carbonyl (C=O) groups is 2. The van der Waals surface area contributed by atoms with E-state index in [1.807, 2.05) is 6.92 Å². The zero-order valence-corrected chi connectivity index (χ0v) is 19.9. The highest BCUT2D eigenvalue weighted by atomic mass is 35.5. The molecule has 0 aliphatic heterocycles. The van der Waals surface area contributed by atoms with Crippen LogP contribution >= 0.6 is 11.6 Å². The standard InChI is InChI=1S/C25H28ClFN2O4/c1-5-17(25(32)33-6-2)15-7-9-16(10-8-15)19(13-30)28-24(31)21-12-18-20(29(21)4)11-14(3)23(27)22(18)26/h7-12,17,19,30H,5-6,13H2,1-4H3,(H,28,31)/t17?,19-/m1/s1. The van der Waals surface area contributed by atoms with Gasteiger partial charge in [0.05, 0.1) is 35.7 Å². The Morgan fingerprint density at radius 1 is 1.18 bits per heavy atom. The molecule has 1 unspecified atom stereocenters. The first-order valence-corrected chi connectivity index (χ1v) is 11.2. The molecular weight excluding hydrogens is 447 g/mol. The van der Waals surface area contributed by atoms with Crippen LogP contribution < -0.4 is 5.32 Å². The first kappa shape index (κ1) is 24.7. The number of carbonyl (C=O) groups excluding carboxylic acids is 2. The van der Waals surface area contributed by atoms with Gasteiger partial charge in [-0.25, -0.2) is 4.39 Å². The summed E-state index contributed by atoms with van der Waals surface area (Å²) < 4.78 is 21.0. The van der Waals surface area contributed by atoms with Crippen LogP contribution in [0.2, 0.25) is 5.02 Å². The predicted molar refractivity (Wildman–Crippen MR) is 126 cm³/mol. The quantitative estimate of drug-likeness (QED) is 0.459. The first-order valence-electron chi connectivity index (χ1n) is 10.9. The van der Waals surface area contributed by atoms with Crippen LogP contribution in [0.4, 0.5) is 4.39 Å². The molecule has 2 aromatic carbocycles. The number of amides is 1. The molecule has 0 fully saturated rings. The fourth-order valence-corrected chi connectivity index (χ4v) is 4.25. The van der Waals surface area contributed by atoms with Crippen molar-refractivity contribution in [3.63, 3.8) is 0 Å². The lowest BCUT2D eigenvalue weighted by Gasteiger charge is -2.19. The molecule has 1 heterocycles. The number of halogens is 2. The molecule has 1 aromatic heterocycles. The van der Waals surface area contributed by atoms with E-state index in [9.17, 15) is 19.1 Å². The van der Waals surface area contributed by atoms with Crippen molar-refractivity contribution in [3.8, 4) is 0 Å². The predicted octanol–water partition coefficient (Wildman–Crippen LogP) is 4.80. The number of ether oxygens (including phenoxy) is 1. The highest BCUT2D eigenvalue weighted by Crippen LogP contribution is 2.31. The Labute approximate surface area is 197 Å². The summed E-state index contributed by atoms with van der Waals surface area (Å²) in [5.41, 5.74) is 2.82. The van der Waals surface area contributed by atoms with Gasteiger partial charge < -0.3 is 19.7 Å². The summed E-state index contributed by atoms with van der Waals surface area (Å²) in [6.45, 7) is 5.29. The molecule has 2 atom stereocenters. The first-order chi connectivity index (χ1) is 15.7. The van der Waals surface area contributed by atoms with Gasteiger partial charge in [-0.2, -0.15) is 0 Å². The second kappa shape index (κ2) is 10.4. The fourth-order valence-electron chi connectivity index (χ4n) is 3.95. The molecule has 0 aliphatic carbocycles. The van der Waals surface area contributed by atoms with Crippen LogP contribution in [0.25, 0.3) is 10.9 Å². The summed E-state index contributed by atoms with van der Waals surface area (Å²) in [5.74, 6) is -1.58. The van der Waals surface area contributed by atoms with Crippen LogP contribution in [-0.2, 0) is 16.6 Å². The minimum atomic E-state index is -0.666. The topological polar surface area (TPSA) is 80.6 Å². The molecule has 0 saturated heterocycles. The average Bonchev–Trinajstić information content (AvgIpc) is 3.13. The zero-order valence-electron chi connectivity index (χ0n) is 19.1. The van der Waals surface area contributed by atoms with E-state index in [0.29, 0.717) is 40.8 Å². The SMILES string of the molecule is CCOC(=O)C(CC)c1ccc([C@@H](CO)NC(=O)c2cc3c(Cl)c(F)c(C)cc3n2C)cc1. The van der Waals surface area contributed by atoms with Crippen LogP contribution in [0.3, 0.4) is 0 Å². The van der Waals surface area contributed by atoms with Gasteiger partial charge in [-0.15, -0.1) is 0 Å². The van der Waals surface area contributed by atoms with Gasteiger partial charge >= 0.3 is 5.97 Å². The van der Waals surface area contributed by atoms with E-state index in [1.165, 1.54) is 6.07 Å². The van der Waals surface area contributed by atoms with Gasteiger partial charge in [0, 0.05) is 12.4 Å².